The molecular weight excluding hydrogens is 581 g/mol. The molecule has 0 spiro atoms. The van der Waals surface area contributed by atoms with Gasteiger partial charge in [-0.25, -0.2) is 4.99 Å². The molecule has 0 fully saturated rings. The average molecular weight is 624 g/mol. The molecule has 4 aliphatic rings. The molecule has 2 heteroatoms. The van der Waals surface area contributed by atoms with Gasteiger partial charge in [-0.15, -0.1) is 0 Å². The van der Waals surface area contributed by atoms with Crippen LogP contribution in [0.4, 0.5) is 0 Å². The highest BCUT2D eigenvalue weighted by Gasteiger charge is 2.43. The number of rotatable bonds is 4. The standard InChI is InChI=1S/C46H43N2/c1-6-33-28-43(31-20-19-29-13-7-8-14-30(29)25-31)47-44(32-21-23-37-35-15-9-11-17-39(35)45(2,3)41(37)26-32)48(33)34-22-24-38-36-16-10-12-18-40(36)46(4,5)42(38)27-34/h7-21,23,25-27,44H,6,22,24,28H2,1-5H3/q+1. The lowest BCUT2D eigenvalue weighted by Gasteiger charge is -2.28. The predicted molar refractivity (Wildman–Crippen MR) is 201 cm³/mol. The van der Waals surface area contributed by atoms with Crippen LogP contribution in [0.1, 0.15) is 99.8 Å². The molecule has 0 aromatic heterocycles. The van der Waals surface area contributed by atoms with Crippen LogP contribution in [0.15, 0.2) is 132 Å². The molecule has 3 aliphatic carbocycles. The Hall–Kier alpha value is -4.82. The highest BCUT2D eigenvalue weighted by molar-refractivity contribution is 6.13. The van der Waals surface area contributed by atoms with Crippen LogP contribution >= 0.6 is 0 Å². The Morgan fingerprint density at radius 1 is 0.667 bits per heavy atom. The highest BCUT2D eigenvalue weighted by atomic mass is 15.2. The first-order valence-electron chi connectivity index (χ1n) is 17.7. The van der Waals surface area contributed by atoms with Crippen LogP contribution in [-0.2, 0) is 10.8 Å². The molecule has 0 radical (unpaired) electrons. The van der Waals surface area contributed by atoms with Gasteiger partial charge in [0.1, 0.15) is 0 Å². The summed E-state index contributed by atoms with van der Waals surface area (Å²) >= 11 is 0. The first-order valence-corrected chi connectivity index (χ1v) is 17.7. The number of hydrogen-bond acceptors (Lipinski definition) is 1. The van der Waals surface area contributed by atoms with E-state index in [1.54, 1.807) is 0 Å². The van der Waals surface area contributed by atoms with Crippen molar-refractivity contribution in [3.8, 4) is 11.1 Å². The van der Waals surface area contributed by atoms with Crippen molar-refractivity contribution in [3.05, 3.63) is 160 Å². The van der Waals surface area contributed by atoms with Crippen LogP contribution in [0.2, 0.25) is 0 Å². The average Bonchev–Trinajstić information content (AvgIpc) is 3.50. The van der Waals surface area contributed by atoms with Crippen molar-refractivity contribution in [2.45, 2.75) is 77.3 Å². The zero-order valence-corrected chi connectivity index (χ0v) is 28.8. The van der Waals surface area contributed by atoms with Gasteiger partial charge in [-0.2, -0.15) is 4.58 Å². The molecular formula is C46H43N2+. The van der Waals surface area contributed by atoms with E-state index >= 15 is 0 Å². The molecule has 9 rings (SSSR count). The van der Waals surface area contributed by atoms with Crippen molar-refractivity contribution < 1.29 is 4.58 Å². The fourth-order valence-corrected chi connectivity index (χ4v) is 9.19. The fraction of sp³-hybridized carbons (Fsp3) is 0.261. The van der Waals surface area contributed by atoms with E-state index in [0.717, 1.165) is 25.7 Å². The van der Waals surface area contributed by atoms with Crippen molar-refractivity contribution in [1.82, 2.24) is 0 Å². The number of benzene rings is 5. The van der Waals surface area contributed by atoms with E-state index in [9.17, 15) is 0 Å². The van der Waals surface area contributed by atoms with Crippen LogP contribution in [0, 0.1) is 0 Å². The van der Waals surface area contributed by atoms with Gasteiger partial charge in [-0.1, -0.05) is 126 Å². The van der Waals surface area contributed by atoms with Crippen LogP contribution in [0.3, 0.4) is 0 Å². The summed E-state index contributed by atoms with van der Waals surface area (Å²) in [6, 6.07) is 40.8. The first-order chi connectivity index (χ1) is 23.3. The molecule has 1 aliphatic heterocycles. The molecule has 0 amide bonds. The number of allylic oxidation sites excluding steroid dienone is 4. The zero-order valence-electron chi connectivity index (χ0n) is 28.8. The number of fused-ring (bicyclic) bond motifs is 6. The largest absolute Gasteiger partial charge is 0.277 e. The lowest BCUT2D eigenvalue weighted by Crippen LogP contribution is -2.33. The molecule has 5 aromatic rings. The molecule has 48 heavy (non-hydrogen) atoms. The Labute approximate surface area is 284 Å². The van der Waals surface area contributed by atoms with E-state index in [0.29, 0.717) is 0 Å². The summed E-state index contributed by atoms with van der Waals surface area (Å²) in [5.74, 6) is 0. The van der Waals surface area contributed by atoms with Gasteiger partial charge in [0.05, 0.1) is 12.1 Å². The Balaban J connectivity index is 1.22. The molecule has 5 aromatic carbocycles. The maximum atomic E-state index is 5.73. The van der Waals surface area contributed by atoms with Crippen molar-refractivity contribution in [2.24, 2.45) is 4.99 Å². The van der Waals surface area contributed by atoms with Gasteiger partial charge in [-0.3, -0.25) is 0 Å². The van der Waals surface area contributed by atoms with Gasteiger partial charge in [0.15, 0.2) is 11.4 Å². The molecule has 0 saturated carbocycles. The maximum absolute atomic E-state index is 5.73. The molecule has 1 unspecified atom stereocenters. The van der Waals surface area contributed by atoms with Crippen molar-refractivity contribution >= 4 is 27.8 Å². The third kappa shape index (κ3) is 4.24. The number of nitrogens with zero attached hydrogens (tertiary/aromatic N) is 2. The summed E-state index contributed by atoms with van der Waals surface area (Å²) in [7, 11) is 0. The second kappa shape index (κ2) is 10.6. The van der Waals surface area contributed by atoms with Gasteiger partial charge in [0.2, 0.25) is 0 Å². The lowest BCUT2D eigenvalue weighted by molar-refractivity contribution is -0.529. The van der Waals surface area contributed by atoms with Gasteiger partial charge in [-0.05, 0) is 85.5 Å². The Bertz CT molecular complexity index is 2300. The smallest absolute Gasteiger partial charge is 0.216 e. The molecule has 2 nitrogen and oxygen atoms in total. The monoisotopic (exact) mass is 623 g/mol. The third-order valence-corrected chi connectivity index (χ3v) is 11.8. The van der Waals surface area contributed by atoms with Gasteiger partial charge in [0, 0.05) is 35.3 Å². The van der Waals surface area contributed by atoms with Gasteiger partial charge in [0.25, 0.3) is 6.17 Å². The van der Waals surface area contributed by atoms with Crippen molar-refractivity contribution in [2.75, 3.05) is 0 Å². The second-order valence-corrected chi connectivity index (χ2v) is 15.2. The molecule has 1 atom stereocenters. The van der Waals surface area contributed by atoms with Crippen LogP contribution < -0.4 is 0 Å². The minimum Gasteiger partial charge on any atom is -0.216 e. The fourth-order valence-electron chi connectivity index (χ4n) is 9.19. The summed E-state index contributed by atoms with van der Waals surface area (Å²) in [5, 5.41) is 2.54. The van der Waals surface area contributed by atoms with Crippen molar-refractivity contribution in [1.29, 1.82) is 0 Å². The normalized spacial score (nSPS) is 20.2. The van der Waals surface area contributed by atoms with Crippen LogP contribution in [-0.4, -0.2) is 16.0 Å². The first kappa shape index (κ1) is 29.3. The van der Waals surface area contributed by atoms with E-state index in [2.05, 4.69) is 154 Å². The van der Waals surface area contributed by atoms with Crippen LogP contribution in [0.25, 0.3) is 27.5 Å². The topological polar surface area (TPSA) is 15.4 Å². The number of hydrogen-bond donors (Lipinski definition) is 0. The Morgan fingerprint density at radius 3 is 2.15 bits per heavy atom. The predicted octanol–water partition coefficient (Wildman–Crippen LogP) is 11.3. The van der Waals surface area contributed by atoms with E-state index in [1.165, 1.54) is 83.5 Å². The van der Waals surface area contributed by atoms with E-state index in [1.807, 2.05) is 0 Å². The van der Waals surface area contributed by atoms with E-state index in [-0.39, 0.29) is 17.0 Å². The molecule has 0 N–H and O–H groups in total. The summed E-state index contributed by atoms with van der Waals surface area (Å²) < 4.78 is 2.64. The summed E-state index contributed by atoms with van der Waals surface area (Å²) in [6.07, 6.45) is 6.35. The lowest BCUT2D eigenvalue weighted by atomic mass is 9.79. The minimum atomic E-state index is -0.125. The summed E-state index contributed by atoms with van der Waals surface area (Å²) in [4.78, 5) is 5.73. The third-order valence-electron chi connectivity index (χ3n) is 11.8. The molecule has 0 bridgehead atoms. The quantitative estimate of drug-likeness (QED) is 0.177. The molecule has 236 valence electrons. The summed E-state index contributed by atoms with van der Waals surface area (Å²) in [5.41, 5.74) is 17.9. The van der Waals surface area contributed by atoms with Gasteiger partial charge >= 0.3 is 0 Å². The number of aliphatic imine (C=N–C) groups is 1. The SMILES string of the molecule is CCC1=[N+](C2=CC3=C(CC2)c2ccccc2C3(C)C)C(c2ccc3c(c2)C(C)(C)c2ccccc2-3)N=C(c2ccc3ccccc3c2)C1. The van der Waals surface area contributed by atoms with Gasteiger partial charge < -0.3 is 0 Å². The second-order valence-electron chi connectivity index (χ2n) is 15.2. The van der Waals surface area contributed by atoms with Crippen molar-refractivity contribution in [3.63, 3.8) is 0 Å². The van der Waals surface area contributed by atoms with E-state index in [4.69, 9.17) is 4.99 Å². The molecule has 0 saturated heterocycles. The Kier molecular flexibility index (Phi) is 6.47. The Morgan fingerprint density at radius 2 is 1.35 bits per heavy atom. The van der Waals surface area contributed by atoms with Crippen LogP contribution in [0.5, 0.6) is 0 Å². The van der Waals surface area contributed by atoms with E-state index < -0.39 is 0 Å². The molecule has 1 heterocycles. The summed E-state index contributed by atoms with van der Waals surface area (Å²) in [6.45, 7) is 11.9. The highest BCUT2D eigenvalue weighted by Crippen LogP contribution is 2.52. The maximum Gasteiger partial charge on any atom is 0.277 e. The minimum absolute atomic E-state index is 0.0157. The zero-order chi connectivity index (χ0) is 32.8.